The molecule has 0 aliphatic carbocycles. The van der Waals surface area contributed by atoms with Crippen molar-refractivity contribution in [3.05, 3.63) is 144 Å². The largest absolute Gasteiger partial charge is 0.445 e. The third-order valence-corrected chi connectivity index (χ3v) is 9.32. The molecule has 0 aromatic heterocycles. The van der Waals surface area contributed by atoms with Crippen molar-refractivity contribution in [3.8, 4) is 0 Å². The average Bonchev–Trinajstić information content (AvgIpc) is 3.21. The SMILES string of the molecule is CC(C)C[C@H](NC(=O)OCc1ccccc1)C(=O)N[C@@H](CO)[C@@H](O)[C@@H](O)[C@H](O)C(=O)C(c1ccccc1)[C@@H](C(=O)ON)C(c1ccccc1)c1ccccc1. The quantitative estimate of drug-likeness (QED) is 0.0690. The maximum absolute atomic E-state index is 14.5. The summed E-state index contributed by atoms with van der Waals surface area (Å²) >= 11 is 0. The highest BCUT2D eigenvalue weighted by Crippen LogP contribution is 2.42. The number of hydrogen-bond donors (Lipinski definition) is 7. The van der Waals surface area contributed by atoms with Crippen LogP contribution in [0.1, 0.15) is 54.4 Å². The van der Waals surface area contributed by atoms with E-state index in [1.165, 1.54) is 0 Å². The second-order valence-corrected chi connectivity index (χ2v) is 13.7. The molecule has 0 fully saturated rings. The molecule has 292 valence electrons. The van der Waals surface area contributed by atoms with Crippen LogP contribution in [0.5, 0.6) is 0 Å². The zero-order valence-electron chi connectivity index (χ0n) is 30.7. The molecule has 13 nitrogen and oxygen atoms in total. The van der Waals surface area contributed by atoms with E-state index in [0.29, 0.717) is 11.1 Å². The molecule has 1 unspecified atom stereocenters. The van der Waals surface area contributed by atoms with Crippen LogP contribution >= 0.6 is 0 Å². The predicted molar refractivity (Wildman–Crippen MR) is 203 cm³/mol. The van der Waals surface area contributed by atoms with Gasteiger partial charge in [0.2, 0.25) is 5.91 Å². The Balaban J connectivity index is 1.60. The van der Waals surface area contributed by atoms with E-state index >= 15 is 0 Å². The smallest absolute Gasteiger partial charge is 0.408 e. The van der Waals surface area contributed by atoms with Crippen molar-refractivity contribution in [1.82, 2.24) is 10.6 Å². The molecule has 0 saturated carbocycles. The third kappa shape index (κ3) is 11.5. The summed E-state index contributed by atoms with van der Waals surface area (Å²) in [4.78, 5) is 59.1. The lowest BCUT2D eigenvalue weighted by Gasteiger charge is -2.35. The molecule has 0 aliphatic heterocycles. The first kappa shape index (κ1) is 42.3. The number of amides is 2. The maximum Gasteiger partial charge on any atom is 0.408 e. The van der Waals surface area contributed by atoms with Crippen LogP contribution in [0.15, 0.2) is 121 Å². The van der Waals surface area contributed by atoms with Crippen LogP contribution in [-0.4, -0.2) is 81.2 Å². The lowest BCUT2D eigenvalue weighted by atomic mass is 9.69. The summed E-state index contributed by atoms with van der Waals surface area (Å²) < 4.78 is 5.26. The molecule has 55 heavy (non-hydrogen) atoms. The summed E-state index contributed by atoms with van der Waals surface area (Å²) in [5.74, 6) is -1.18. The number of ketones is 1. The molecule has 0 bridgehead atoms. The van der Waals surface area contributed by atoms with Gasteiger partial charge in [0.05, 0.1) is 24.5 Å². The van der Waals surface area contributed by atoms with Crippen LogP contribution in [0.2, 0.25) is 0 Å². The molecular weight excluding hydrogens is 706 g/mol. The van der Waals surface area contributed by atoms with Gasteiger partial charge in [0.1, 0.15) is 31.0 Å². The number of alkyl carbamates (subject to hydrolysis) is 1. The van der Waals surface area contributed by atoms with Gasteiger partial charge >= 0.3 is 12.1 Å². The lowest BCUT2D eigenvalue weighted by Crippen LogP contribution is -2.59. The minimum atomic E-state index is -2.34. The highest BCUT2D eigenvalue weighted by molar-refractivity contribution is 5.95. The fourth-order valence-corrected chi connectivity index (χ4v) is 6.59. The molecule has 7 atom stereocenters. The minimum absolute atomic E-state index is 0.0515. The molecule has 0 heterocycles. The Morgan fingerprint density at radius 1 is 0.691 bits per heavy atom. The Labute approximate surface area is 320 Å². The molecule has 4 aromatic rings. The number of rotatable bonds is 19. The summed E-state index contributed by atoms with van der Waals surface area (Å²) in [6, 6.07) is 32.0. The highest BCUT2D eigenvalue weighted by Gasteiger charge is 2.47. The molecule has 0 radical (unpaired) electrons. The first-order chi connectivity index (χ1) is 26.5. The van der Waals surface area contributed by atoms with E-state index in [1.54, 1.807) is 115 Å². The van der Waals surface area contributed by atoms with Crippen LogP contribution in [0.25, 0.3) is 0 Å². The number of hydrogen-bond acceptors (Lipinski definition) is 11. The van der Waals surface area contributed by atoms with Gasteiger partial charge in [0.15, 0.2) is 5.78 Å². The Bertz CT molecular complexity index is 1760. The van der Waals surface area contributed by atoms with Crippen molar-refractivity contribution in [3.63, 3.8) is 0 Å². The van der Waals surface area contributed by atoms with Gasteiger partial charge in [-0.3, -0.25) is 14.4 Å². The van der Waals surface area contributed by atoms with Gasteiger partial charge in [-0.05, 0) is 34.6 Å². The van der Waals surface area contributed by atoms with Gasteiger partial charge in [0, 0.05) is 5.92 Å². The van der Waals surface area contributed by atoms with Crippen molar-refractivity contribution >= 4 is 23.8 Å². The van der Waals surface area contributed by atoms with Crippen LogP contribution in [0.4, 0.5) is 4.79 Å². The van der Waals surface area contributed by atoms with Gasteiger partial charge in [-0.2, -0.15) is 5.90 Å². The van der Waals surface area contributed by atoms with E-state index in [0.717, 1.165) is 5.56 Å². The first-order valence-corrected chi connectivity index (χ1v) is 18.0. The fourth-order valence-electron chi connectivity index (χ4n) is 6.59. The fraction of sp³-hybridized carbons (Fsp3) is 0.333. The second kappa shape index (κ2) is 20.9. The van der Waals surface area contributed by atoms with Crippen molar-refractivity contribution in [2.45, 2.75) is 69.1 Å². The number of aliphatic hydroxyl groups excluding tert-OH is 4. The van der Waals surface area contributed by atoms with Gasteiger partial charge in [0.25, 0.3) is 0 Å². The lowest BCUT2D eigenvalue weighted by molar-refractivity contribution is -0.156. The van der Waals surface area contributed by atoms with Gasteiger partial charge in [-0.15, -0.1) is 0 Å². The van der Waals surface area contributed by atoms with Gasteiger partial charge < -0.3 is 40.6 Å². The molecule has 8 N–H and O–H groups in total. The Morgan fingerprint density at radius 2 is 1.18 bits per heavy atom. The zero-order chi connectivity index (χ0) is 39.9. The number of Topliss-reactive ketones (excluding diaryl/α,β-unsaturated/α-hetero) is 1. The highest BCUT2D eigenvalue weighted by atomic mass is 16.7. The number of nitrogens with one attached hydrogen (secondary N) is 2. The van der Waals surface area contributed by atoms with E-state index in [9.17, 15) is 39.6 Å². The van der Waals surface area contributed by atoms with E-state index < -0.39 is 78.5 Å². The van der Waals surface area contributed by atoms with Crippen LogP contribution < -0.4 is 16.5 Å². The standard InChI is InChI=1S/C42H49N3O10/c1-26(2)23-31(45-42(53)54-25-27-15-7-3-8-16-27)40(51)44-32(24-46)36(47)38(49)39(50)37(48)34(30-21-13-6-14-22-30)35(41(52)55-43)33(28-17-9-4-10-18-28)29-19-11-5-12-20-29/h3-22,26,31-36,38-39,46-47,49-50H,23-25,43H2,1-2H3,(H,44,51)(H,45,53)/t31-,32-,34?,35-,36+,38+,39+/m0/s1. The number of carbonyl (C=O) groups excluding carboxylic acids is 4. The number of aliphatic hydroxyl groups is 4. The first-order valence-electron chi connectivity index (χ1n) is 18.0. The summed E-state index contributed by atoms with van der Waals surface area (Å²) in [7, 11) is 0. The monoisotopic (exact) mass is 755 g/mol. The summed E-state index contributed by atoms with van der Waals surface area (Å²) in [5, 5.41) is 49.2. The zero-order valence-corrected chi connectivity index (χ0v) is 30.7. The van der Waals surface area contributed by atoms with Crippen LogP contribution in [0.3, 0.4) is 0 Å². The molecule has 0 aliphatic rings. The van der Waals surface area contributed by atoms with E-state index in [4.69, 9.17) is 15.5 Å². The molecule has 0 spiro atoms. The molecule has 0 saturated heterocycles. The number of carbonyl (C=O) groups is 4. The molecule has 4 rings (SSSR count). The molecular formula is C42H49N3O10. The minimum Gasteiger partial charge on any atom is -0.445 e. The third-order valence-electron chi connectivity index (χ3n) is 9.32. The van der Waals surface area contributed by atoms with Crippen molar-refractivity contribution < 1.29 is 49.2 Å². The van der Waals surface area contributed by atoms with Crippen molar-refractivity contribution in [2.75, 3.05) is 6.61 Å². The van der Waals surface area contributed by atoms with Crippen LogP contribution in [0, 0.1) is 11.8 Å². The Kier molecular flexibility index (Phi) is 16.0. The normalized spacial score (nSPS) is 15.1. The number of ether oxygens (including phenoxy) is 1. The number of nitrogens with two attached hydrogens (primary N) is 1. The topological polar surface area (TPSA) is 218 Å². The van der Waals surface area contributed by atoms with E-state index in [1.807, 2.05) is 19.9 Å². The van der Waals surface area contributed by atoms with E-state index in [2.05, 4.69) is 10.6 Å². The van der Waals surface area contributed by atoms with Gasteiger partial charge in [-0.1, -0.05) is 135 Å². The molecule has 2 amide bonds. The van der Waals surface area contributed by atoms with Crippen LogP contribution in [-0.2, 0) is 30.6 Å². The summed E-state index contributed by atoms with van der Waals surface area (Å²) in [6.07, 6.45) is -7.46. The van der Waals surface area contributed by atoms with Crippen molar-refractivity contribution in [1.29, 1.82) is 0 Å². The second-order valence-electron chi connectivity index (χ2n) is 13.7. The molecule has 4 aromatic carbocycles. The predicted octanol–water partition coefficient (Wildman–Crippen LogP) is 3.11. The summed E-state index contributed by atoms with van der Waals surface area (Å²) in [6.45, 7) is 2.66. The van der Waals surface area contributed by atoms with Crippen molar-refractivity contribution in [2.24, 2.45) is 17.7 Å². The average molecular weight is 756 g/mol. The van der Waals surface area contributed by atoms with E-state index in [-0.39, 0.29) is 24.5 Å². The molecule has 13 heteroatoms. The Morgan fingerprint density at radius 3 is 1.65 bits per heavy atom. The van der Waals surface area contributed by atoms with Gasteiger partial charge in [-0.25, -0.2) is 4.79 Å². The number of benzene rings is 4. The Hall–Kier alpha value is -5.44. The summed E-state index contributed by atoms with van der Waals surface area (Å²) in [5.41, 5.74) is 2.27. The maximum atomic E-state index is 14.5.